The van der Waals surface area contributed by atoms with E-state index in [0.717, 1.165) is 0 Å². The summed E-state index contributed by atoms with van der Waals surface area (Å²) < 4.78 is 11.5. The third-order valence-corrected chi connectivity index (χ3v) is 4.72. The summed E-state index contributed by atoms with van der Waals surface area (Å²) >= 11 is 0. The molecular formula is C22H21N5O4. The Balaban J connectivity index is 1.45. The van der Waals surface area contributed by atoms with Gasteiger partial charge in [0, 0.05) is 18.2 Å². The third kappa shape index (κ3) is 4.40. The fourth-order valence-electron chi connectivity index (χ4n) is 3.12. The molecule has 4 N–H and O–H groups in total. The summed E-state index contributed by atoms with van der Waals surface area (Å²) in [5, 5.41) is 5.34. The van der Waals surface area contributed by atoms with Gasteiger partial charge in [0.1, 0.15) is 12.7 Å². The zero-order valence-corrected chi connectivity index (χ0v) is 16.8. The first-order chi connectivity index (χ1) is 15.0. The van der Waals surface area contributed by atoms with E-state index in [1.807, 2.05) is 24.3 Å². The number of aromatic nitrogens is 2. The number of hydrogen-bond donors (Lipinski definition) is 3. The first kappa shape index (κ1) is 20.1. The standard InChI is InChI=1S/C22H21N5O4/c1-24-22(29)19-20(23)25-11-16(27-19)13-5-4-6-14(9-13)21(28)26-10-15-12-30-17-7-2-3-8-18(17)31-15/h2-9,11,15H,10,12H2,1H3,(H2,23,25)(H,24,29)(H,26,28). The van der Waals surface area contributed by atoms with Crippen molar-refractivity contribution in [3.8, 4) is 22.8 Å². The number of ether oxygens (including phenoxy) is 2. The number of anilines is 1. The highest BCUT2D eigenvalue weighted by Crippen LogP contribution is 2.30. The Bertz CT molecular complexity index is 1130. The van der Waals surface area contributed by atoms with Crippen LogP contribution in [-0.2, 0) is 0 Å². The van der Waals surface area contributed by atoms with Crippen molar-refractivity contribution in [1.82, 2.24) is 20.6 Å². The number of carbonyl (C=O) groups excluding carboxylic acids is 2. The maximum atomic E-state index is 12.7. The molecule has 4 rings (SSSR count). The minimum atomic E-state index is -0.433. The summed E-state index contributed by atoms with van der Waals surface area (Å²) in [6.45, 7) is 0.639. The molecule has 2 amide bonds. The van der Waals surface area contributed by atoms with Gasteiger partial charge in [-0.15, -0.1) is 0 Å². The molecule has 1 aromatic heterocycles. The third-order valence-electron chi connectivity index (χ3n) is 4.72. The van der Waals surface area contributed by atoms with Crippen molar-refractivity contribution < 1.29 is 19.1 Å². The molecule has 9 nitrogen and oxygen atoms in total. The summed E-state index contributed by atoms with van der Waals surface area (Å²) in [5.74, 6) is 0.687. The highest BCUT2D eigenvalue weighted by molar-refractivity contribution is 5.97. The van der Waals surface area contributed by atoms with E-state index in [-0.39, 0.29) is 23.5 Å². The molecule has 1 aliphatic rings. The molecule has 3 aromatic rings. The van der Waals surface area contributed by atoms with Crippen LogP contribution in [0.5, 0.6) is 11.5 Å². The second kappa shape index (κ2) is 8.70. The van der Waals surface area contributed by atoms with Crippen LogP contribution in [0.15, 0.2) is 54.7 Å². The number of carbonyl (C=O) groups is 2. The Labute approximate surface area is 178 Å². The van der Waals surface area contributed by atoms with Crippen LogP contribution in [0.2, 0.25) is 0 Å². The van der Waals surface area contributed by atoms with Crippen LogP contribution < -0.4 is 25.8 Å². The zero-order chi connectivity index (χ0) is 21.8. The molecule has 0 spiro atoms. The number of nitrogens with one attached hydrogen (secondary N) is 2. The average molecular weight is 419 g/mol. The lowest BCUT2D eigenvalue weighted by molar-refractivity contribution is 0.0789. The molecule has 9 heteroatoms. The lowest BCUT2D eigenvalue weighted by atomic mass is 10.1. The van der Waals surface area contributed by atoms with Crippen LogP contribution in [-0.4, -0.2) is 48.1 Å². The van der Waals surface area contributed by atoms with Crippen molar-refractivity contribution in [2.75, 3.05) is 25.9 Å². The van der Waals surface area contributed by atoms with Crippen molar-refractivity contribution in [2.45, 2.75) is 6.10 Å². The number of benzene rings is 2. The number of fused-ring (bicyclic) bond motifs is 1. The second-order valence-electron chi connectivity index (χ2n) is 6.86. The maximum Gasteiger partial charge on any atom is 0.273 e. The first-order valence-corrected chi connectivity index (χ1v) is 9.67. The van der Waals surface area contributed by atoms with E-state index >= 15 is 0 Å². The van der Waals surface area contributed by atoms with Crippen molar-refractivity contribution in [3.63, 3.8) is 0 Å². The molecular weight excluding hydrogens is 398 g/mol. The number of hydrogen-bond acceptors (Lipinski definition) is 7. The smallest absolute Gasteiger partial charge is 0.273 e. The van der Waals surface area contributed by atoms with Crippen molar-refractivity contribution in [1.29, 1.82) is 0 Å². The fourth-order valence-corrected chi connectivity index (χ4v) is 3.12. The van der Waals surface area contributed by atoms with E-state index < -0.39 is 5.91 Å². The van der Waals surface area contributed by atoms with Crippen LogP contribution in [0.4, 0.5) is 5.82 Å². The number of para-hydroxylation sites is 2. The molecule has 2 heterocycles. The van der Waals surface area contributed by atoms with Gasteiger partial charge in [0.2, 0.25) is 0 Å². The molecule has 2 aromatic carbocycles. The van der Waals surface area contributed by atoms with E-state index in [0.29, 0.717) is 41.5 Å². The first-order valence-electron chi connectivity index (χ1n) is 9.67. The normalized spacial score (nSPS) is 14.5. The van der Waals surface area contributed by atoms with Crippen molar-refractivity contribution in [3.05, 3.63) is 66.0 Å². The average Bonchev–Trinajstić information content (AvgIpc) is 2.82. The predicted octanol–water partition coefficient (Wildman–Crippen LogP) is 1.66. The van der Waals surface area contributed by atoms with Gasteiger partial charge in [0.05, 0.1) is 18.4 Å². The highest BCUT2D eigenvalue weighted by atomic mass is 16.6. The number of nitrogen functional groups attached to an aromatic ring is 1. The topological polar surface area (TPSA) is 128 Å². The molecule has 0 radical (unpaired) electrons. The lowest BCUT2D eigenvalue weighted by Gasteiger charge is -2.26. The Morgan fingerprint density at radius 2 is 1.94 bits per heavy atom. The molecule has 158 valence electrons. The fraction of sp³-hybridized carbons (Fsp3) is 0.182. The Morgan fingerprint density at radius 1 is 1.13 bits per heavy atom. The largest absolute Gasteiger partial charge is 0.486 e. The molecule has 0 bridgehead atoms. The second-order valence-corrected chi connectivity index (χ2v) is 6.86. The van der Waals surface area contributed by atoms with Gasteiger partial charge < -0.3 is 25.8 Å². The zero-order valence-electron chi connectivity index (χ0n) is 16.8. The number of nitrogens with two attached hydrogens (primary N) is 1. The monoisotopic (exact) mass is 419 g/mol. The molecule has 31 heavy (non-hydrogen) atoms. The summed E-state index contributed by atoms with van der Waals surface area (Å²) in [7, 11) is 1.49. The van der Waals surface area contributed by atoms with Gasteiger partial charge in [0.25, 0.3) is 11.8 Å². The van der Waals surface area contributed by atoms with E-state index in [1.165, 1.54) is 13.2 Å². The number of nitrogens with zero attached hydrogens (tertiary/aromatic N) is 2. The molecule has 0 saturated heterocycles. The highest BCUT2D eigenvalue weighted by Gasteiger charge is 2.21. The van der Waals surface area contributed by atoms with Gasteiger partial charge in [-0.25, -0.2) is 9.97 Å². The molecule has 1 aliphatic heterocycles. The molecule has 0 saturated carbocycles. The van der Waals surface area contributed by atoms with E-state index in [2.05, 4.69) is 20.6 Å². The quantitative estimate of drug-likeness (QED) is 0.574. The SMILES string of the molecule is CNC(=O)c1nc(-c2cccc(C(=O)NCC3COc4ccccc4O3)c2)cnc1N. The number of rotatable bonds is 5. The molecule has 0 fully saturated rings. The van der Waals surface area contributed by atoms with Crippen molar-refractivity contribution in [2.24, 2.45) is 0 Å². The van der Waals surface area contributed by atoms with Gasteiger partial charge in [-0.05, 0) is 24.3 Å². The van der Waals surface area contributed by atoms with Crippen LogP contribution in [0, 0.1) is 0 Å². The van der Waals surface area contributed by atoms with Gasteiger partial charge in [-0.3, -0.25) is 9.59 Å². The Hall–Kier alpha value is -4.14. The van der Waals surface area contributed by atoms with E-state index in [1.54, 1.807) is 24.3 Å². The predicted molar refractivity (Wildman–Crippen MR) is 114 cm³/mol. The van der Waals surface area contributed by atoms with Crippen molar-refractivity contribution >= 4 is 17.6 Å². The van der Waals surface area contributed by atoms with Crippen LogP contribution in [0.25, 0.3) is 11.3 Å². The van der Waals surface area contributed by atoms with E-state index in [4.69, 9.17) is 15.2 Å². The van der Waals surface area contributed by atoms with Crippen LogP contribution in [0.1, 0.15) is 20.8 Å². The molecule has 1 unspecified atom stereocenters. The van der Waals surface area contributed by atoms with Crippen LogP contribution >= 0.6 is 0 Å². The summed E-state index contributed by atoms with van der Waals surface area (Å²) in [4.78, 5) is 32.9. The maximum absolute atomic E-state index is 12.7. The minimum Gasteiger partial charge on any atom is -0.486 e. The summed E-state index contributed by atoms with van der Waals surface area (Å²) in [6, 6.07) is 14.3. The molecule has 1 atom stereocenters. The van der Waals surface area contributed by atoms with E-state index in [9.17, 15) is 9.59 Å². The van der Waals surface area contributed by atoms with Gasteiger partial charge >= 0.3 is 0 Å². The summed E-state index contributed by atoms with van der Waals surface area (Å²) in [5.41, 5.74) is 7.28. The summed E-state index contributed by atoms with van der Waals surface area (Å²) in [6.07, 6.45) is 1.17. The van der Waals surface area contributed by atoms with Gasteiger partial charge in [-0.1, -0.05) is 24.3 Å². The van der Waals surface area contributed by atoms with Gasteiger partial charge in [0.15, 0.2) is 23.0 Å². The lowest BCUT2D eigenvalue weighted by Crippen LogP contribution is -2.40. The van der Waals surface area contributed by atoms with Crippen LogP contribution in [0.3, 0.4) is 0 Å². The Kier molecular flexibility index (Phi) is 5.65. The van der Waals surface area contributed by atoms with Gasteiger partial charge in [-0.2, -0.15) is 0 Å². The minimum absolute atomic E-state index is 0.0320. The Morgan fingerprint density at radius 3 is 2.74 bits per heavy atom. The number of amides is 2. The molecule has 0 aliphatic carbocycles.